The third-order valence-corrected chi connectivity index (χ3v) is 3.25. The van der Waals surface area contributed by atoms with E-state index in [1.54, 1.807) is 6.20 Å². The number of ether oxygens (including phenoxy) is 1. The Balaban J connectivity index is 2.04. The molecule has 1 aliphatic heterocycles. The molecule has 0 fully saturated rings. The zero-order valence-electron chi connectivity index (χ0n) is 10.7. The van der Waals surface area contributed by atoms with Crippen molar-refractivity contribution in [2.45, 2.75) is 26.3 Å². The van der Waals surface area contributed by atoms with Crippen LogP contribution < -0.4 is 0 Å². The highest BCUT2D eigenvalue weighted by Gasteiger charge is 2.33. The Bertz CT molecular complexity index is 625. The van der Waals surface area contributed by atoms with Gasteiger partial charge in [0.1, 0.15) is 12.4 Å². The number of halogens is 3. The second kappa shape index (κ2) is 4.59. The lowest BCUT2D eigenvalue weighted by atomic mass is 10.1. The molecule has 0 aliphatic carbocycles. The first kappa shape index (κ1) is 13.1. The van der Waals surface area contributed by atoms with E-state index in [1.165, 1.54) is 13.1 Å². The number of pyridine rings is 1. The van der Waals surface area contributed by atoms with E-state index >= 15 is 0 Å². The summed E-state index contributed by atoms with van der Waals surface area (Å²) in [7, 11) is 0. The molecule has 3 rings (SSSR count). The van der Waals surface area contributed by atoms with Gasteiger partial charge in [-0.05, 0) is 13.0 Å². The minimum absolute atomic E-state index is 0.0337. The summed E-state index contributed by atoms with van der Waals surface area (Å²) in [5.41, 5.74) is 0.0964. The molecule has 1 aliphatic rings. The van der Waals surface area contributed by atoms with Gasteiger partial charge in [0.05, 0.1) is 17.9 Å². The average Bonchev–Trinajstić information content (AvgIpc) is 2.81. The first-order chi connectivity index (χ1) is 9.45. The van der Waals surface area contributed by atoms with Crippen molar-refractivity contribution in [3.05, 3.63) is 35.5 Å². The maximum Gasteiger partial charge on any atom is 0.418 e. The van der Waals surface area contributed by atoms with Gasteiger partial charge >= 0.3 is 6.18 Å². The fourth-order valence-electron chi connectivity index (χ4n) is 2.19. The Labute approximate surface area is 113 Å². The minimum Gasteiger partial charge on any atom is -0.372 e. The summed E-state index contributed by atoms with van der Waals surface area (Å²) >= 11 is 0. The maximum atomic E-state index is 12.9. The molecule has 7 heteroatoms. The summed E-state index contributed by atoms with van der Waals surface area (Å²) in [5.74, 6) is 0.723. The summed E-state index contributed by atoms with van der Waals surface area (Å²) < 4.78 is 45.8. The van der Waals surface area contributed by atoms with Crippen molar-refractivity contribution in [2.24, 2.45) is 0 Å². The van der Waals surface area contributed by atoms with Gasteiger partial charge in [-0.1, -0.05) is 0 Å². The number of hydrogen-bond acceptors (Lipinski definition) is 3. The minimum atomic E-state index is -4.41. The second-order valence-electron chi connectivity index (χ2n) is 4.64. The van der Waals surface area contributed by atoms with Crippen molar-refractivity contribution in [2.75, 3.05) is 6.61 Å². The number of hydrogen-bond donors (Lipinski definition) is 0. The Morgan fingerprint density at radius 2 is 2.15 bits per heavy atom. The highest BCUT2D eigenvalue weighted by molar-refractivity contribution is 5.59. The van der Waals surface area contributed by atoms with Crippen molar-refractivity contribution >= 4 is 0 Å². The van der Waals surface area contributed by atoms with Crippen molar-refractivity contribution in [3.63, 3.8) is 0 Å². The molecule has 4 nitrogen and oxygen atoms in total. The summed E-state index contributed by atoms with van der Waals surface area (Å²) in [6, 6.07) is 1.09. The van der Waals surface area contributed by atoms with Crippen LogP contribution in [-0.4, -0.2) is 21.1 Å². The van der Waals surface area contributed by atoms with E-state index in [0.29, 0.717) is 31.0 Å². The molecule has 0 atom stereocenters. The molecule has 0 unspecified atom stereocenters. The second-order valence-corrected chi connectivity index (χ2v) is 4.64. The third-order valence-electron chi connectivity index (χ3n) is 3.25. The Kier molecular flexibility index (Phi) is 3.01. The topological polar surface area (TPSA) is 39.9 Å². The molecule has 2 aromatic heterocycles. The van der Waals surface area contributed by atoms with Crippen LogP contribution in [0.15, 0.2) is 18.5 Å². The van der Waals surface area contributed by atoms with E-state index in [2.05, 4.69) is 9.97 Å². The lowest BCUT2D eigenvalue weighted by Gasteiger charge is -2.13. The van der Waals surface area contributed by atoms with Crippen LogP contribution in [0.3, 0.4) is 0 Å². The molecule has 0 aromatic carbocycles. The summed E-state index contributed by atoms with van der Waals surface area (Å²) in [4.78, 5) is 8.13. The van der Waals surface area contributed by atoms with Crippen LogP contribution in [0.5, 0.6) is 0 Å². The standard InChI is InChI=1S/C13H12F3N3O/c1-8-10(13(14,15)16)4-9(5-17-8)11-6-19-2-3-20-7-12(19)18-11/h4-6H,2-3,7H2,1H3. The Morgan fingerprint density at radius 3 is 2.85 bits per heavy atom. The van der Waals surface area contributed by atoms with Crippen LogP contribution in [0, 0.1) is 6.92 Å². The fourth-order valence-corrected chi connectivity index (χ4v) is 2.19. The summed E-state index contributed by atoms with van der Waals surface area (Å²) in [6.45, 7) is 2.97. The van der Waals surface area contributed by atoms with Crippen LogP contribution >= 0.6 is 0 Å². The quantitative estimate of drug-likeness (QED) is 0.808. The number of fused-ring (bicyclic) bond motifs is 1. The van der Waals surface area contributed by atoms with Gasteiger partial charge in [-0.15, -0.1) is 0 Å². The summed E-state index contributed by atoms with van der Waals surface area (Å²) in [6.07, 6.45) is -1.25. The largest absolute Gasteiger partial charge is 0.418 e. The molecule has 0 saturated heterocycles. The molecule has 3 heterocycles. The van der Waals surface area contributed by atoms with Crippen LogP contribution in [0.25, 0.3) is 11.3 Å². The van der Waals surface area contributed by atoms with Gasteiger partial charge in [0, 0.05) is 30.2 Å². The van der Waals surface area contributed by atoms with Crippen LogP contribution in [0.1, 0.15) is 17.1 Å². The number of nitrogens with zero attached hydrogens (tertiary/aromatic N) is 3. The molecule has 0 radical (unpaired) electrons. The molecule has 0 saturated carbocycles. The molecule has 0 N–H and O–H groups in total. The number of aryl methyl sites for hydroxylation is 1. The van der Waals surface area contributed by atoms with E-state index in [1.807, 2.05) is 4.57 Å². The maximum absolute atomic E-state index is 12.9. The molecule has 0 bridgehead atoms. The zero-order valence-corrected chi connectivity index (χ0v) is 10.7. The monoisotopic (exact) mass is 283 g/mol. The van der Waals surface area contributed by atoms with E-state index < -0.39 is 11.7 Å². The van der Waals surface area contributed by atoms with Gasteiger partial charge in [-0.2, -0.15) is 13.2 Å². The first-order valence-corrected chi connectivity index (χ1v) is 6.13. The summed E-state index contributed by atoms with van der Waals surface area (Å²) in [5, 5.41) is 0. The van der Waals surface area contributed by atoms with E-state index in [9.17, 15) is 13.2 Å². The Hall–Kier alpha value is -1.89. The predicted octanol–water partition coefficient (Wildman–Crippen LogP) is 2.80. The SMILES string of the molecule is Cc1ncc(-c2cn3c(n2)COCC3)cc1C(F)(F)F. The molecule has 0 spiro atoms. The van der Waals surface area contributed by atoms with Crippen LogP contribution in [-0.2, 0) is 24.1 Å². The molecular formula is C13H12F3N3O. The van der Waals surface area contributed by atoms with Crippen molar-refractivity contribution in [1.82, 2.24) is 14.5 Å². The highest BCUT2D eigenvalue weighted by Crippen LogP contribution is 2.33. The van der Waals surface area contributed by atoms with Gasteiger partial charge in [-0.3, -0.25) is 4.98 Å². The normalized spacial score (nSPS) is 15.2. The molecule has 20 heavy (non-hydrogen) atoms. The lowest BCUT2D eigenvalue weighted by molar-refractivity contribution is -0.138. The molecular weight excluding hydrogens is 271 g/mol. The van der Waals surface area contributed by atoms with E-state index in [4.69, 9.17) is 4.74 Å². The van der Waals surface area contributed by atoms with Crippen LogP contribution in [0.4, 0.5) is 13.2 Å². The number of imidazole rings is 1. The van der Waals surface area contributed by atoms with Gasteiger partial charge < -0.3 is 9.30 Å². The van der Waals surface area contributed by atoms with E-state index in [-0.39, 0.29) is 5.69 Å². The smallest absolute Gasteiger partial charge is 0.372 e. The zero-order chi connectivity index (χ0) is 14.3. The number of rotatable bonds is 1. The van der Waals surface area contributed by atoms with Crippen molar-refractivity contribution in [1.29, 1.82) is 0 Å². The van der Waals surface area contributed by atoms with Crippen molar-refractivity contribution in [3.8, 4) is 11.3 Å². The first-order valence-electron chi connectivity index (χ1n) is 6.13. The van der Waals surface area contributed by atoms with Gasteiger partial charge in [0.25, 0.3) is 0 Å². The number of alkyl halides is 3. The Morgan fingerprint density at radius 1 is 1.35 bits per heavy atom. The molecule has 2 aromatic rings. The molecule has 106 valence electrons. The van der Waals surface area contributed by atoms with Crippen molar-refractivity contribution < 1.29 is 17.9 Å². The highest BCUT2D eigenvalue weighted by atomic mass is 19.4. The van der Waals surface area contributed by atoms with Gasteiger partial charge in [0.15, 0.2) is 0 Å². The predicted molar refractivity (Wildman–Crippen MR) is 64.9 cm³/mol. The van der Waals surface area contributed by atoms with Crippen LogP contribution in [0.2, 0.25) is 0 Å². The number of aromatic nitrogens is 3. The van der Waals surface area contributed by atoms with E-state index in [0.717, 1.165) is 11.9 Å². The third kappa shape index (κ3) is 2.29. The average molecular weight is 283 g/mol. The van der Waals surface area contributed by atoms with Gasteiger partial charge in [0.2, 0.25) is 0 Å². The van der Waals surface area contributed by atoms with Gasteiger partial charge in [-0.25, -0.2) is 4.98 Å². The fraction of sp³-hybridized carbons (Fsp3) is 0.385. The molecule has 0 amide bonds. The lowest BCUT2D eigenvalue weighted by Crippen LogP contribution is -2.15.